The van der Waals surface area contributed by atoms with Gasteiger partial charge in [0.15, 0.2) is 0 Å². The quantitative estimate of drug-likeness (QED) is 0.211. The molecule has 1 saturated heterocycles. The molecular formula is C28H24Cl2FNO4. The van der Waals surface area contributed by atoms with Crippen LogP contribution in [-0.4, -0.2) is 23.4 Å². The van der Waals surface area contributed by atoms with Gasteiger partial charge in [0.25, 0.3) is 11.7 Å². The molecule has 0 radical (unpaired) electrons. The Morgan fingerprint density at radius 2 is 1.72 bits per heavy atom. The zero-order chi connectivity index (χ0) is 26.1. The highest BCUT2D eigenvalue weighted by Gasteiger charge is 2.47. The van der Waals surface area contributed by atoms with Gasteiger partial charge >= 0.3 is 0 Å². The summed E-state index contributed by atoms with van der Waals surface area (Å²) in [7, 11) is 0. The lowest BCUT2D eigenvalue weighted by molar-refractivity contribution is -0.132. The van der Waals surface area contributed by atoms with Crippen LogP contribution in [-0.2, 0) is 9.59 Å². The summed E-state index contributed by atoms with van der Waals surface area (Å²) in [5.74, 6) is -1.55. The van der Waals surface area contributed by atoms with Gasteiger partial charge in [-0.15, -0.1) is 0 Å². The number of aryl methyl sites for hydroxylation is 1. The Kier molecular flexibility index (Phi) is 7.38. The Labute approximate surface area is 218 Å². The Morgan fingerprint density at radius 1 is 1.03 bits per heavy atom. The molecule has 1 unspecified atom stereocenters. The number of anilines is 1. The van der Waals surface area contributed by atoms with Crippen molar-refractivity contribution in [2.45, 2.75) is 26.8 Å². The number of amides is 1. The van der Waals surface area contributed by atoms with E-state index in [-0.39, 0.29) is 16.4 Å². The topological polar surface area (TPSA) is 66.8 Å². The minimum absolute atomic E-state index is 0.113. The fraction of sp³-hybridized carbons (Fsp3) is 0.214. The molecule has 5 nitrogen and oxygen atoms in total. The zero-order valence-corrected chi connectivity index (χ0v) is 21.4. The van der Waals surface area contributed by atoms with Gasteiger partial charge in [0.2, 0.25) is 0 Å². The van der Waals surface area contributed by atoms with E-state index in [0.29, 0.717) is 40.1 Å². The summed E-state index contributed by atoms with van der Waals surface area (Å²) in [5, 5.41) is 11.8. The number of halogens is 3. The van der Waals surface area contributed by atoms with Gasteiger partial charge in [-0.2, -0.15) is 0 Å². The first-order chi connectivity index (χ1) is 17.1. The van der Waals surface area contributed by atoms with E-state index in [1.807, 2.05) is 20.8 Å². The highest BCUT2D eigenvalue weighted by atomic mass is 35.5. The molecule has 1 N–H and O–H groups in total. The molecule has 3 aromatic rings. The van der Waals surface area contributed by atoms with Crippen LogP contribution in [0.2, 0.25) is 10.0 Å². The van der Waals surface area contributed by atoms with Crippen LogP contribution in [0.25, 0.3) is 5.76 Å². The second-order valence-corrected chi connectivity index (χ2v) is 9.82. The highest BCUT2D eigenvalue weighted by Crippen LogP contribution is 2.43. The Morgan fingerprint density at radius 3 is 2.33 bits per heavy atom. The van der Waals surface area contributed by atoms with E-state index in [1.54, 1.807) is 36.4 Å². The van der Waals surface area contributed by atoms with Crippen LogP contribution in [0.15, 0.2) is 66.2 Å². The van der Waals surface area contributed by atoms with E-state index in [9.17, 15) is 19.1 Å². The van der Waals surface area contributed by atoms with Gasteiger partial charge in [0.1, 0.15) is 17.3 Å². The van der Waals surface area contributed by atoms with Crippen LogP contribution >= 0.6 is 23.2 Å². The van der Waals surface area contributed by atoms with Gasteiger partial charge in [-0.1, -0.05) is 43.1 Å². The fourth-order valence-corrected chi connectivity index (χ4v) is 4.38. The third kappa shape index (κ3) is 4.97. The van der Waals surface area contributed by atoms with Crippen molar-refractivity contribution in [1.29, 1.82) is 0 Å². The molecule has 0 saturated carbocycles. The molecule has 1 aliphatic heterocycles. The van der Waals surface area contributed by atoms with Crippen LogP contribution in [0.1, 0.15) is 36.6 Å². The monoisotopic (exact) mass is 527 g/mol. The van der Waals surface area contributed by atoms with Crippen molar-refractivity contribution in [1.82, 2.24) is 0 Å². The lowest BCUT2D eigenvalue weighted by atomic mass is 9.94. The number of aliphatic hydroxyl groups excluding tert-OH is 1. The van der Waals surface area contributed by atoms with Gasteiger partial charge < -0.3 is 9.84 Å². The SMILES string of the molecule is Cc1cc(/C(O)=C2/C(=O)C(=O)N(c3ccc(F)cc3)C2c2ccc(Cl)c(Cl)c2)ccc1OCC(C)C. The number of carbonyl (C=O) groups excluding carboxylic acids is 2. The maximum Gasteiger partial charge on any atom is 0.300 e. The van der Waals surface area contributed by atoms with Crippen LogP contribution in [0, 0.1) is 18.7 Å². The molecule has 1 amide bonds. The number of carbonyl (C=O) groups is 2. The molecule has 1 fully saturated rings. The third-order valence-electron chi connectivity index (χ3n) is 5.83. The van der Waals surface area contributed by atoms with E-state index < -0.39 is 23.5 Å². The van der Waals surface area contributed by atoms with Crippen LogP contribution in [0.4, 0.5) is 10.1 Å². The first kappa shape index (κ1) is 25.7. The lowest BCUT2D eigenvalue weighted by Crippen LogP contribution is -2.29. The Bertz CT molecular complexity index is 1370. The molecule has 0 aromatic heterocycles. The standard InChI is InChI=1S/C28H24Cl2FNO4/c1-15(2)14-36-23-11-5-18(12-16(23)3)26(33)24-25(17-4-10-21(29)22(30)13-17)32(28(35)27(24)34)20-8-6-19(31)7-9-20/h4-13,15,25,33H,14H2,1-3H3/b26-24-. The largest absolute Gasteiger partial charge is 0.507 e. The molecule has 0 spiro atoms. The molecule has 1 heterocycles. The fourth-order valence-electron chi connectivity index (χ4n) is 4.07. The van der Waals surface area contributed by atoms with Crippen molar-refractivity contribution in [3.8, 4) is 5.75 Å². The van der Waals surface area contributed by atoms with Crippen molar-refractivity contribution in [3.63, 3.8) is 0 Å². The average molecular weight is 528 g/mol. The maximum atomic E-state index is 13.6. The van der Waals surface area contributed by atoms with Gasteiger partial charge in [-0.25, -0.2) is 4.39 Å². The van der Waals surface area contributed by atoms with Gasteiger partial charge in [0.05, 0.1) is 28.3 Å². The summed E-state index contributed by atoms with van der Waals surface area (Å²) in [6.07, 6.45) is 0. The summed E-state index contributed by atoms with van der Waals surface area (Å²) in [6, 6.07) is 13.9. The Balaban J connectivity index is 1.87. The van der Waals surface area contributed by atoms with E-state index >= 15 is 0 Å². The number of aliphatic hydroxyl groups is 1. The molecule has 186 valence electrons. The van der Waals surface area contributed by atoms with E-state index in [0.717, 1.165) is 5.56 Å². The number of Topliss-reactive ketones (excluding diaryl/α,β-unsaturated/α-hetero) is 1. The normalized spacial score (nSPS) is 17.2. The van der Waals surface area contributed by atoms with E-state index in [1.165, 1.54) is 29.2 Å². The summed E-state index contributed by atoms with van der Waals surface area (Å²) >= 11 is 12.3. The summed E-state index contributed by atoms with van der Waals surface area (Å²) in [4.78, 5) is 27.7. The number of rotatable bonds is 6. The van der Waals surface area contributed by atoms with Crippen molar-refractivity contribution < 1.29 is 23.8 Å². The summed E-state index contributed by atoms with van der Waals surface area (Å²) in [5.41, 5.74) is 1.76. The first-order valence-corrected chi connectivity index (χ1v) is 12.1. The second kappa shape index (κ2) is 10.3. The number of ether oxygens (including phenoxy) is 1. The summed E-state index contributed by atoms with van der Waals surface area (Å²) in [6.45, 7) is 6.45. The van der Waals surface area contributed by atoms with Crippen LogP contribution in [0.5, 0.6) is 5.75 Å². The molecule has 0 aliphatic carbocycles. The predicted molar refractivity (Wildman–Crippen MR) is 139 cm³/mol. The van der Waals surface area contributed by atoms with Crippen molar-refractivity contribution in [3.05, 3.63) is 98.8 Å². The van der Waals surface area contributed by atoms with E-state index in [2.05, 4.69) is 0 Å². The second-order valence-electron chi connectivity index (χ2n) is 9.00. The molecule has 1 atom stereocenters. The third-order valence-corrected chi connectivity index (χ3v) is 6.57. The van der Waals surface area contributed by atoms with Crippen molar-refractivity contribution in [2.75, 3.05) is 11.5 Å². The zero-order valence-electron chi connectivity index (χ0n) is 19.9. The molecule has 36 heavy (non-hydrogen) atoms. The summed E-state index contributed by atoms with van der Waals surface area (Å²) < 4.78 is 19.4. The number of hydrogen-bond donors (Lipinski definition) is 1. The molecule has 8 heteroatoms. The minimum Gasteiger partial charge on any atom is -0.507 e. The first-order valence-electron chi connectivity index (χ1n) is 11.3. The van der Waals surface area contributed by atoms with E-state index in [4.69, 9.17) is 27.9 Å². The number of benzene rings is 3. The van der Waals surface area contributed by atoms with Crippen LogP contribution in [0.3, 0.4) is 0 Å². The molecular weight excluding hydrogens is 504 g/mol. The number of hydrogen-bond acceptors (Lipinski definition) is 4. The number of nitrogens with zero attached hydrogens (tertiary/aromatic N) is 1. The lowest BCUT2D eigenvalue weighted by Gasteiger charge is -2.25. The molecule has 1 aliphatic rings. The Hall–Kier alpha value is -3.35. The molecule has 0 bridgehead atoms. The van der Waals surface area contributed by atoms with Gasteiger partial charge in [0, 0.05) is 11.3 Å². The van der Waals surface area contributed by atoms with Crippen molar-refractivity contribution >= 4 is 46.3 Å². The average Bonchev–Trinajstić information content (AvgIpc) is 3.10. The number of ketones is 1. The molecule has 4 rings (SSSR count). The highest BCUT2D eigenvalue weighted by molar-refractivity contribution is 6.51. The predicted octanol–water partition coefficient (Wildman–Crippen LogP) is 7.10. The van der Waals surface area contributed by atoms with Gasteiger partial charge in [-0.05, 0) is 78.6 Å². The van der Waals surface area contributed by atoms with Crippen LogP contribution < -0.4 is 9.64 Å². The molecule has 3 aromatic carbocycles. The maximum absolute atomic E-state index is 13.6. The smallest absolute Gasteiger partial charge is 0.300 e. The van der Waals surface area contributed by atoms with Gasteiger partial charge in [-0.3, -0.25) is 14.5 Å². The van der Waals surface area contributed by atoms with Crippen molar-refractivity contribution in [2.24, 2.45) is 5.92 Å². The minimum atomic E-state index is -1.01.